The predicted octanol–water partition coefficient (Wildman–Crippen LogP) is 4.36. The monoisotopic (exact) mass is 492 g/mol. The number of amides is 2. The van der Waals surface area contributed by atoms with Gasteiger partial charge in [-0.3, -0.25) is 25.0 Å². The van der Waals surface area contributed by atoms with Gasteiger partial charge in [0, 0.05) is 23.1 Å². The molecule has 0 saturated heterocycles. The number of non-ortho nitro benzene ring substituents is 1. The molecule has 0 radical (unpaired) electrons. The number of para-hydroxylation sites is 1. The van der Waals surface area contributed by atoms with E-state index in [1.165, 1.54) is 36.6 Å². The van der Waals surface area contributed by atoms with Gasteiger partial charge in [-0.25, -0.2) is 9.78 Å². The van der Waals surface area contributed by atoms with Crippen LogP contribution in [0.25, 0.3) is 11.3 Å². The molecule has 0 atom stereocenters. The predicted molar refractivity (Wildman–Crippen MR) is 126 cm³/mol. The summed E-state index contributed by atoms with van der Waals surface area (Å²) >= 11 is 1.12. The summed E-state index contributed by atoms with van der Waals surface area (Å²) in [7, 11) is 0. The summed E-state index contributed by atoms with van der Waals surface area (Å²) in [5, 5.41) is 17.9. The lowest BCUT2D eigenvalue weighted by molar-refractivity contribution is -0.384. The molecule has 4 rings (SSSR count). The third-order valence-electron chi connectivity index (χ3n) is 4.58. The van der Waals surface area contributed by atoms with Crippen molar-refractivity contribution >= 4 is 45.6 Å². The molecule has 0 saturated carbocycles. The molecule has 12 heteroatoms. The van der Waals surface area contributed by atoms with Crippen LogP contribution >= 0.6 is 11.3 Å². The SMILES string of the molecule is O=C(COC(=O)c1ccccc1NC(=O)c1ccco1)Nc1nc(-c2cccc([N+](=O)[O-])c2)cs1. The Labute approximate surface area is 201 Å². The highest BCUT2D eigenvalue weighted by molar-refractivity contribution is 7.14. The summed E-state index contributed by atoms with van der Waals surface area (Å²) in [6, 6.07) is 15.2. The van der Waals surface area contributed by atoms with Crippen LogP contribution in [0, 0.1) is 10.1 Å². The molecular formula is C23H16N4O7S. The first-order chi connectivity index (χ1) is 16.9. The van der Waals surface area contributed by atoms with Gasteiger partial charge in [-0.2, -0.15) is 0 Å². The van der Waals surface area contributed by atoms with Crippen LogP contribution in [0.1, 0.15) is 20.9 Å². The van der Waals surface area contributed by atoms with Crippen molar-refractivity contribution in [3.63, 3.8) is 0 Å². The number of anilines is 2. The Bertz CT molecular complexity index is 1400. The van der Waals surface area contributed by atoms with Crippen molar-refractivity contribution < 1.29 is 28.5 Å². The van der Waals surface area contributed by atoms with E-state index in [-0.39, 0.29) is 27.8 Å². The number of ether oxygens (including phenoxy) is 1. The zero-order valence-electron chi connectivity index (χ0n) is 17.8. The van der Waals surface area contributed by atoms with E-state index in [9.17, 15) is 24.5 Å². The first-order valence-electron chi connectivity index (χ1n) is 10.0. The van der Waals surface area contributed by atoms with Crippen LogP contribution in [0.4, 0.5) is 16.5 Å². The maximum absolute atomic E-state index is 12.5. The number of esters is 1. The Hall–Kier alpha value is -4.84. The number of hydrogen-bond donors (Lipinski definition) is 2. The highest BCUT2D eigenvalue weighted by Crippen LogP contribution is 2.27. The molecular weight excluding hydrogens is 476 g/mol. The number of carbonyl (C=O) groups is 3. The third-order valence-corrected chi connectivity index (χ3v) is 5.34. The van der Waals surface area contributed by atoms with E-state index in [2.05, 4.69) is 15.6 Å². The highest BCUT2D eigenvalue weighted by Gasteiger charge is 2.18. The second-order valence-corrected chi connectivity index (χ2v) is 7.80. The molecule has 0 fully saturated rings. The fraction of sp³-hybridized carbons (Fsp3) is 0.0435. The minimum absolute atomic E-state index is 0.0578. The Morgan fingerprint density at radius 2 is 1.89 bits per heavy atom. The number of aromatic nitrogens is 1. The molecule has 2 aromatic carbocycles. The van der Waals surface area contributed by atoms with E-state index in [1.54, 1.807) is 35.7 Å². The van der Waals surface area contributed by atoms with Crippen LogP contribution in [-0.4, -0.2) is 34.3 Å². The van der Waals surface area contributed by atoms with Crippen molar-refractivity contribution in [3.8, 4) is 11.3 Å². The third kappa shape index (κ3) is 5.75. The van der Waals surface area contributed by atoms with Crippen LogP contribution in [0.15, 0.2) is 76.7 Å². The number of furan rings is 1. The summed E-state index contributed by atoms with van der Waals surface area (Å²) in [5.41, 5.74) is 1.15. The maximum Gasteiger partial charge on any atom is 0.340 e. The van der Waals surface area contributed by atoms with Crippen molar-refractivity contribution in [2.45, 2.75) is 0 Å². The van der Waals surface area contributed by atoms with Gasteiger partial charge in [0.2, 0.25) is 0 Å². The van der Waals surface area contributed by atoms with Gasteiger partial charge in [-0.1, -0.05) is 24.3 Å². The number of nitrogens with one attached hydrogen (secondary N) is 2. The van der Waals surface area contributed by atoms with Crippen LogP contribution in [-0.2, 0) is 9.53 Å². The van der Waals surface area contributed by atoms with E-state index >= 15 is 0 Å². The summed E-state index contributed by atoms with van der Waals surface area (Å²) in [6.07, 6.45) is 1.35. The van der Waals surface area contributed by atoms with E-state index in [1.807, 2.05) is 0 Å². The number of nitrogens with zero attached hydrogens (tertiary/aromatic N) is 2. The molecule has 0 aliphatic heterocycles. The number of thiazole rings is 1. The standard InChI is InChI=1S/C23H16N4O7S/c28-20(26-23-25-18(13-35-23)14-5-3-6-15(11-14)27(31)32)12-34-22(30)16-7-1-2-8-17(16)24-21(29)19-9-4-10-33-19/h1-11,13H,12H2,(H,24,29)(H,25,26,28). The Balaban J connectivity index is 1.35. The Kier molecular flexibility index (Phi) is 6.93. The fourth-order valence-corrected chi connectivity index (χ4v) is 3.70. The molecule has 35 heavy (non-hydrogen) atoms. The second-order valence-electron chi connectivity index (χ2n) is 6.95. The van der Waals surface area contributed by atoms with Gasteiger partial charge in [0.15, 0.2) is 17.5 Å². The van der Waals surface area contributed by atoms with Crippen molar-refractivity contribution in [2.75, 3.05) is 17.2 Å². The first-order valence-corrected chi connectivity index (χ1v) is 10.9. The highest BCUT2D eigenvalue weighted by atomic mass is 32.1. The number of benzene rings is 2. The van der Waals surface area contributed by atoms with E-state index < -0.39 is 29.3 Å². The van der Waals surface area contributed by atoms with Gasteiger partial charge >= 0.3 is 5.97 Å². The quantitative estimate of drug-likeness (QED) is 0.209. The Morgan fingerprint density at radius 3 is 2.66 bits per heavy atom. The van der Waals surface area contributed by atoms with Crippen molar-refractivity contribution in [2.24, 2.45) is 0 Å². The molecule has 0 bridgehead atoms. The molecule has 176 valence electrons. The van der Waals surface area contributed by atoms with Gasteiger partial charge in [-0.15, -0.1) is 11.3 Å². The lowest BCUT2D eigenvalue weighted by atomic mass is 10.1. The Morgan fingerprint density at radius 1 is 1.06 bits per heavy atom. The fourth-order valence-electron chi connectivity index (χ4n) is 2.97. The van der Waals surface area contributed by atoms with Crippen LogP contribution < -0.4 is 10.6 Å². The molecule has 0 spiro atoms. The molecule has 2 N–H and O–H groups in total. The minimum Gasteiger partial charge on any atom is -0.459 e. The number of hydrogen-bond acceptors (Lipinski definition) is 9. The van der Waals surface area contributed by atoms with Crippen LogP contribution in [0.3, 0.4) is 0 Å². The number of rotatable bonds is 8. The van der Waals surface area contributed by atoms with Gasteiger partial charge in [0.1, 0.15) is 0 Å². The lowest BCUT2D eigenvalue weighted by Crippen LogP contribution is -2.22. The molecule has 0 aliphatic rings. The summed E-state index contributed by atoms with van der Waals surface area (Å²) < 4.78 is 10.1. The van der Waals surface area contributed by atoms with Gasteiger partial charge < -0.3 is 14.5 Å². The zero-order chi connectivity index (χ0) is 24.8. The van der Waals surface area contributed by atoms with E-state index in [0.717, 1.165) is 11.3 Å². The van der Waals surface area contributed by atoms with Crippen LogP contribution in [0.2, 0.25) is 0 Å². The number of carbonyl (C=O) groups excluding carboxylic acids is 3. The molecule has 11 nitrogen and oxygen atoms in total. The van der Waals surface area contributed by atoms with Crippen molar-refractivity contribution in [1.82, 2.24) is 4.98 Å². The molecule has 2 aromatic heterocycles. The van der Waals surface area contributed by atoms with Gasteiger partial charge in [0.25, 0.3) is 17.5 Å². The smallest absolute Gasteiger partial charge is 0.340 e. The largest absolute Gasteiger partial charge is 0.459 e. The first kappa shape index (κ1) is 23.3. The molecule has 0 aliphatic carbocycles. The topological polar surface area (TPSA) is 154 Å². The lowest BCUT2D eigenvalue weighted by Gasteiger charge is -2.10. The summed E-state index contributed by atoms with van der Waals surface area (Å²) in [4.78, 5) is 51.7. The second kappa shape index (κ2) is 10.4. The van der Waals surface area contributed by atoms with Crippen LogP contribution in [0.5, 0.6) is 0 Å². The van der Waals surface area contributed by atoms with Gasteiger partial charge in [-0.05, 0) is 24.3 Å². The normalized spacial score (nSPS) is 10.4. The van der Waals surface area contributed by atoms with Crippen molar-refractivity contribution in [3.05, 3.63) is 93.7 Å². The van der Waals surface area contributed by atoms with E-state index in [4.69, 9.17) is 9.15 Å². The molecule has 4 aromatic rings. The van der Waals surface area contributed by atoms with E-state index in [0.29, 0.717) is 11.3 Å². The molecule has 2 heterocycles. The molecule has 0 unspecified atom stereocenters. The average Bonchev–Trinajstić information content (AvgIpc) is 3.56. The zero-order valence-corrected chi connectivity index (χ0v) is 18.6. The number of nitro groups is 1. The van der Waals surface area contributed by atoms with Crippen molar-refractivity contribution in [1.29, 1.82) is 0 Å². The minimum atomic E-state index is -0.813. The average molecular weight is 492 g/mol. The van der Waals surface area contributed by atoms with Gasteiger partial charge in [0.05, 0.1) is 28.1 Å². The molecule has 2 amide bonds. The summed E-state index contributed by atoms with van der Waals surface area (Å²) in [5.74, 6) is -1.92. The summed E-state index contributed by atoms with van der Waals surface area (Å²) in [6.45, 7) is -0.592. The number of nitro benzene ring substituents is 1. The maximum atomic E-state index is 12.5.